The van der Waals surface area contributed by atoms with Gasteiger partial charge in [0, 0.05) is 19.7 Å². The van der Waals surface area contributed by atoms with Gasteiger partial charge in [-0.2, -0.15) is 0 Å². The molecule has 0 radical (unpaired) electrons. The fourth-order valence-electron chi connectivity index (χ4n) is 1.49. The minimum atomic E-state index is -0.636. The number of nitrogens with zero attached hydrogens (tertiary/aromatic N) is 1. The molecule has 0 aromatic carbocycles. The van der Waals surface area contributed by atoms with Crippen LogP contribution in [-0.4, -0.2) is 38.0 Å². The lowest BCUT2D eigenvalue weighted by molar-refractivity contribution is -0.143. The van der Waals surface area contributed by atoms with Crippen molar-refractivity contribution in [3.63, 3.8) is 0 Å². The first-order chi connectivity index (χ1) is 9.23. The molecule has 0 aromatic heterocycles. The van der Waals surface area contributed by atoms with E-state index in [1.165, 1.54) is 13.3 Å². The van der Waals surface area contributed by atoms with Gasteiger partial charge in [-0.05, 0) is 39.1 Å². The van der Waals surface area contributed by atoms with E-state index in [-0.39, 0.29) is 0 Å². The van der Waals surface area contributed by atoms with Crippen LogP contribution in [0, 0.1) is 0 Å². The molecule has 0 bridgehead atoms. The number of carbonyl (C=O) groups excluding carboxylic acids is 1. The molecule has 0 aliphatic heterocycles. The molecule has 0 fully saturated rings. The van der Waals surface area contributed by atoms with E-state index in [0.717, 1.165) is 0 Å². The van der Waals surface area contributed by atoms with Crippen molar-refractivity contribution in [3.8, 4) is 0 Å². The van der Waals surface area contributed by atoms with Gasteiger partial charge in [0.1, 0.15) is 11.6 Å². The normalized spacial score (nSPS) is 13.9. The number of nitrogens with two attached hydrogens (primary N) is 1. The molecule has 0 amide bonds. The highest BCUT2D eigenvalue weighted by molar-refractivity contribution is 5.82. The number of esters is 1. The number of nitrogens with one attached hydrogen (secondary N) is 1. The fourth-order valence-corrected chi connectivity index (χ4v) is 1.49. The van der Waals surface area contributed by atoms with Crippen molar-refractivity contribution in [2.24, 2.45) is 10.7 Å². The Labute approximate surface area is 120 Å². The average molecular weight is 283 g/mol. The predicted octanol–water partition coefficient (Wildman–Crippen LogP) is 1.34. The first-order valence-corrected chi connectivity index (χ1v) is 6.28. The summed E-state index contributed by atoms with van der Waals surface area (Å²) in [5, 5.41) is 2.90. The van der Waals surface area contributed by atoms with E-state index in [1.54, 1.807) is 13.3 Å². The zero-order valence-corrected chi connectivity index (χ0v) is 12.9. The number of hydrogen-bond donors (Lipinski definition) is 2. The van der Waals surface area contributed by atoms with Gasteiger partial charge >= 0.3 is 5.97 Å². The Morgan fingerprint density at radius 2 is 2.10 bits per heavy atom. The number of methoxy groups -OCH3 is 1. The summed E-state index contributed by atoms with van der Waals surface area (Å²) in [5.74, 6) is -0.120. The average Bonchev–Trinajstić information content (AvgIpc) is 2.33. The molecule has 0 saturated carbocycles. The molecule has 1 unspecified atom stereocenters. The summed E-state index contributed by atoms with van der Waals surface area (Å²) < 4.78 is 10.3. The summed E-state index contributed by atoms with van der Waals surface area (Å²) in [5.41, 5.74) is 5.80. The second-order valence-electron chi connectivity index (χ2n) is 5.19. The molecular formula is C14H25N3O3. The SMILES string of the molecule is C=C(NC(C/C(C=NC)=C/N)C(=O)OC)OC(C)(C)C. The van der Waals surface area contributed by atoms with E-state index < -0.39 is 17.6 Å². The van der Waals surface area contributed by atoms with Crippen molar-refractivity contribution in [2.45, 2.75) is 38.8 Å². The minimum Gasteiger partial charge on any atom is -0.474 e. The van der Waals surface area contributed by atoms with Crippen LogP contribution in [-0.2, 0) is 14.3 Å². The molecule has 6 heteroatoms. The van der Waals surface area contributed by atoms with Crippen LogP contribution >= 0.6 is 0 Å². The number of carbonyl (C=O) groups is 1. The second kappa shape index (κ2) is 8.24. The second-order valence-corrected chi connectivity index (χ2v) is 5.19. The summed E-state index contributed by atoms with van der Waals surface area (Å²) in [7, 11) is 2.95. The van der Waals surface area contributed by atoms with Crippen LogP contribution in [0.2, 0.25) is 0 Å². The Morgan fingerprint density at radius 3 is 2.50 bits per heavy atom. The molecule has 114 valence electrons. The Kier molecular flexibility index (Phi) is 7.43. The largest absolute Gasteiger partial charge is 0.474 e. The van der Waals surface area contributed by atoms with Crippen molar-refractivity contribution in [2.75, 3.05) is 14.2 Å². The standard InChI is InChI=1S/C14H25N3O3/c1-10(20-14(2,3)4)17-12(13(18)19-6)7-11(8-15)9-16-5/h8-9,12,17H,1,7,15H2,2-6H3/b11-8-,16-9?. The van der Waals surface area contributed by atoms with Gasteiger partial charge in [0.25, 0.3) is 0 Å². The summed E-state index contributed by atoms with van der Waals surface area (Å²) in [6.45, 7) is 9.42. The number of rotatable bonds is 7. The van der Waals surface area contributed by atoms with E-state index >= 15 is 0 Å². The first kappa shape index (κ1) is 18.0. The summed E-state index contributed by atoms with van der Waals surface area (Å²) >= 11 is 0. The zero-order chi connectivity index (χ0) is 15.8. The van der Waals surface area contributed by atoms with Gasteiger partial charge in [-0.3, -0.25) is 4.99 Å². The highest BCUT2D eigenvalue weighted by Crippen LogP contribution is 2.13. The maximum Gasteiger partial charge on any atom is 0.328 e. The summed E-state index contributed by atoms with van der Waals surface area (Å²) in [6.07, 6.45) is 3.32. The zero-order valence-electron chi connectivity index (χ0n) is 12.9. The maximum atomic E-state index is 11.8. The van der Waals surface area contributed by atoms with Crippen LogP contribution in [0.1, 0.15) is 27.2 Å². The van der Waals surface area contributed by atoms with Crippen molar-refractivity contribution in [3.05, 3.63) is 24.2 Å². The van der Waals surface area contributed by atoms with Crippen LogP contribution < -0.4 is 11.1 Å². The third-order valence-electron chi connectivity index (χ3n) is 2.20. The quantitative estimate of drug-likeness (QED) is 0.418. The Hall–Kier alpha value is -1.98. The van der Waals surface area contributed by atoms with Gasteiger partial charge in [0.2, 0.25) is 0 Å². The number of ether oxygens (including phenoxy) is 2. The van der Waals surface area contributed by atoms with Crippen molar-refractivity contribution >= 4 is 12.2 Å². The van der Waals surface area contributed by atoms with Gasteiger partial charge in [0.15, 0.2) is 5.88 Å². The van der Waals surface area contributed by atoms with Crippen LogP contribution in [0.25, 0.3) is 0 Å². The van der Waals surface area contributed by atoms with Gasteiger partial charge in [0.05, 0.1) is 7.11 Å². The molecule has 0 spiro atoms. The molecule has 0 saturated heterocycles. The van der Waals surface area contributed by atoms with E-state index in [1.807, 2.05) is 20.8 Å². The van der Waals surface area contributed by atoms with Crippen LogP contribution in [0.4, 0.5) is 0 Å². The summed E-state index contributed by atoms with van der Waals surface area (Å²) in [6, 6.07) is -0.636. The van der Waals surface area contributed by atoms with E-state index in [2.05, 4.69) is 16.9 Å². The highest BCUT2D eigenvalue weighted by atomic mass is 16.5. The van der Waals surface area contributed by atoms with Gasteiger partial charge in [-0.15, -0.1) is 0 Å². The number of hydrogen-bond acceptors (Lipinski definition) is 6. The van der Waals surface area contributed by atoms with Crippen molar-refractivity contribution in [1.82, 2.24) is 5.32 Å². The molecular weight excluding hydrogens is 258 g/mol. The number of aliphatic imine (C=N–C) groups is 1. The third-order valence-corrected chi connectivity index (χ3v) is 2.20. The maximum absolute atomic E-state index is 11.8. The highest BCUT2D eigenvalue weighted by Gasteiger charge is 2.22. The first-order valence-electron chi connectivity index (χ1n) is 6.28. The Balaban J connectivity index is 4.82. The van der Waals surface area contributed by atoms with Crippen molar-refractivity contribution < 1.29 is 14.3 Å². The molecule has 0 aromatic rings. The third kappa shape index (κ3) is 7.45. The van der Waals surface area contributed by atoms with Crippen LogP contribution in [0.5, 0.6) is 0 Å². The molecule has 0 aliphatic carbocycles. The lowest BCUT2D eigenvalue weighted by Crippen LogP contribution is -2.39. The van der Waals surface area contributed by atoms with Gasteiger partial charge in [-0.1, -0.05) is 0 Å². The monoisotopic (exact) mass is 283 g/mol. The molecule has 0 aliphatic rings. The van der Waals surface area contributed by atoms with Crippen LogP contribution in [0.15, 0.2) is 29.2 Å². The predicted molar refractivity (Wildman–Crippen MR) is 80.2 cm³/mol. The van der Waals surface area contributed by atoms with Crippen LogP contribution in [0.3, 0.4) is 0 Å². The van der Waals surface area contributed by atoms with Crippen molar-refractivity contribution in [1.29, 1.82) is 0 Å². The molecule has 3 N–H and O–H groups in total. The molecule has 0 heterocycles. The smallest absolute Gasteiger partial charge is 0.328 e. The minimum absolute atomic E-state index is 0.303. The molecule has 20 heavy (non-hydrogen) atoms. The van der Waals surface area contributed by atoms with E-state index in [9.17, 15) is 4.79 Å². The topological polar surface area (TPSA) is 85.9 Å². The summed E-state index contributed by atoms with van der Waals surface area (Å²) in [4.78, 5) is 15.7. The molecule has 6 nitrogen and oxygen atoms in total. The Bertz CT molecular complexity index is 395. The molecule has 0 rings (SSSR count). The lowest BCUT2D eigenvalue weighted by atomic mass is 10.1. The molecule has 1 atom stereocenters. The van der Waals surface area contributed by atoms with E-state index in [4.69, 9.17) is 15.2 Å². The van der Waals surface area contributed by atoms with Gasteiger partial charge in [-0.25, -0.2) is 4.79 Å². The van der Waals surface area contributed by atoms with E-state index in [0.29, 0.717) is 17.9 Å². The van der Waals surface area contributed by atoms with Gasteiger partial charge < -0.3 is 20.5 Å². The fraction of sp³-hybridized carbons (Fsp3) is 0.571. The Morgan fingerprint density at radius 1 is 1.50 bits per heavy atom. The lowest BCUT2D eigenvalue weighted by Gasteiger charge is -2.26.